The van der Waals surface area contributed by atoms with E-state index >= 15 is 0 Å². The number of imide groups is 2. The minimum Gasteiger partial charge on any atom is -0.493 e. The van der Waals surface area contributed by atoms with Crippen LogP contribution in [0.4, 0.5) is 10.5 Å². The molecular weight excluding hydrogens is 512 g/mol. The van der Waals surface area contributed by atoms with E-state index in [0.717, 1.165) is 10.5 Å². The molecule has 4 amide bonds. The second-order valence-corrected chi connectivity index (χ2v) is 8.44. The van der Waals surface area contributed by atoms with E-state index in [9.17, 15) is 19.2 Å². The number of carbonyl (C=O) groups is 4. The van der Waals surface area contributed by atoms with Crippen molar-refractivity contribution in [2.45, 2.75) is 13.5 Å². The summed E-state index contributed by atoms with van der Waals surface area (Å²) in [6.45, 7) is 2.14. The molecule has 4 rings (SSSR count). The average Bonchev–Trinajstić information content (AvgIpc) is 2.91. The number of benzene rings is 3. The highest BCUT2D eigenvalue weighted by molar-refractivity contribution is 6.39. The molecule has 0 radical (unpaired) electrons. The lowest BCUT2D eigenvalue weighted by Crippen LogP contribution is -2.54. The number of methoxy groups -OCH3 is 1. The molecule has 3 aromatic carbocycles. The molecule has 38 heavy (non-hydrogen) atoms. The lowest BCUT2D eigenvalue weighted by atomic mass is 10.1. The van der Waals surface area contributed by atoms with Gasteiger partial charge in [0.2, 0.25) is 0 Å². The summed E-state index contributed by atoms with van der Waals surface area (Å²) in [5.74, 6) is -1.64. The molecule has 1 N–H and O–H groups in total. The Bertz CT molecular complexity index is 1420. The van der Waals surface area contributed by atoms with Gasteiger partial charge in [-0.15, -0.1) is 0 Å². The van der Waals surface area contributed by atoms with Gasteiger partial charge in [-0.05, 0) is 60.5 Å². The zero-order chi connectivity index (χ0) is 27.2. The molecule has 0 bridgehead atoms. The smallest absolute Gasteiger partial charge is 0.338 e. The Labute approximate surface area is 223 Å². The van der Waals surface area contributed by atoms with Crippen molar-refractivity contribution in [3.63, 3.8) is 0 Å². The summed E-state index contributed by atoms with van der Waals surface area (Å²) in [6, 6.07) is 17.3. The summed E-state index contributed by atoms with van der Waals surface area (Å²) >= 11 is 6.46. The topological polar surface area (TPSA) is 111 Å². The van der Waals surface area contributed by atoms with E-state index < -0.39 is 23.8 Å². The molecule has 0 aliphatic carbocycles. The van der Waals surface area contributed by atoms with Gasteiger partial charge < -0.3 is 14.2 Å². The number of urea groups is 1. The SMILES string of the molecule is CCOC(=O)c1ccc(N2C(=O)NC(=O)/C(=C\c3cc(Cl)c(OCc4ccccc4)c(OC)c3)C2=O)cc1. The molecule has 3 aromatic rings. The molecule has 1 fully saturated rings. The number of hydrogen-bond acceptors (Lipinski definition) is 7. The molecule has 0 saturated carbocycles. The highest BCUT2D eigenvalue weighted by atomic mass is 35.5. The maximum atomic E-state index is 13.2. The van der Waals surface area contributed by atoms with E-state index in [1.54, 1.807) is 13.0 Å². The van der Waals surface area contributed by atoms with Crippen molar-refractivity contribution >= 4 is 47.2 Å². The van der Waals surface area contributed by atoms with Crippen LogP contribution in [0.1, 0.15) is 28.4 Å². The number of carbonyl (C=O) groups excluding carboxylic acids is 4. The van der Waals surface area contributed by atoms with Crippen LogP contribution in [0.3, 0.4) is 0 Å². The van der Waals surface area contributed by atoms with Crippen molar-refractivity contribution in [1.29, 1.82) is 0 Å². The highest BCUT2D eigenvalue weighted by Gasteiger charge is 2.37. The van der Waals surface area contributed by atoms with Gasteiger partial charge in [-0.25, -0.2) is 14.5 Å². The molecule has 9 nitrogen and oxygen atoms in total. The number of amides is 4. The van der Waals surface area contributed by atoms with Crippen molar-refractivity contribution < 1.29 is 33.4 Å². The van der Waals surface area contributed by atoms with Crippen molar-refractivity contribution in [2.75, 3.05) is 18.6 Å². The van der Waals surface area contributed by atoms with Crippen LogP contribution >= 0.6 is 11.6 Å². The fourth-order valence-corrected chi connectivity index (χ4v) is 3.99. The Morgan fingerprint density at radius 2 is 1.74 bits per heavy atom. The van der Waals surface area contributed by atoms with E-state index in [2.05, 4.69) is 5.32 Å². The lowest BCUT2D eigenvalue weighted by Gasteiger charge is -2.26. The molecule has 0 unspecified atom stereocenters. The Balaban J connectivity index is 1.61. The first-order valence-corrected chi connectivity index (χ1v) is 11.9. The fraction of sp³-hybridized carbons (Fsp3) is 0.143. The van der Waals surface area contributed by atoms with Gasteiger partial charge >= 0.3 is 12.0 Å². The summed E-state index contributed by atoms with van der Waals surface area (Å²) < 4.78 is 16.2. The van der Waals surface area contributed by atoms with Gasteiger partial charge in [-0.2, -0.15) is 0 Å². The third-order valence-electron chi connectivity index (χ3n) is 5.53. The lowest BCUT2D eigenvalue weighted by molar-refractivity contribution is -0.122. The zero-order valence-corrected chi connectivity index (χ0v) is 21.3. The minimum atomic E-state index is -0.915. The van der Waals surface area contributed by atoms with Crippen LogP contribution in [0.5, 0.6) is 11.5 Å². The summed E-state index contributed by atoms with van der Waals surface area (Å²) in [5.41, 5.74) is 1.43. The predicted octanol–water partition coefficient (Wildman–Crippen LogP) is 4.77. The van der Waals surface area contributed by atoms with Crippen molar-refractivity contribution in [1.82, 2.24) is 5.32 Å². The molecule has 0 aromatic heterocycles. The Kier molecular flexibility index (Phi) is 8.08. The number of esters is 1. The molecule has 1 aliphatic rings. The van der Waals surface area contributed by atoms with Crippen LogP contribution in [0.25, 0.3) is 6.08 Å². The monoisotopic (exact) mass is 534 g/mol. The first-order valence-electron chi connectivity index (χ1n) is 11.5. The number of anilines is 1. The summed E-state index contributed by atoms with van der Waals surface area (Å²) in [4.78, 5) is 51.0. The summed E-state index contributed by atoms with van der Waals surface area (Å²) in [6.07, 6.45) is 1.31. The minimum absolute atomic E-state index is 0.166. The summed E-state index contributed by atoms with van der Waals surface area (Å²) in [7, 11) is 1.44. The van der Waals surface area contributed by atoms with Gasteiger partial charge in [0.1, 0.15) is 12.2 Å². The van der Waals surface area contributed by atoms with E-state index in [4.69, 9.17) is 25.8 Å². The number of nitrogens with zero attached hydrogens (tertiary/aromatic N) is 1. The Morgan fingerprint density at radius 1 is 1.03 bits per heavy atom. The largest absolute Gasteiger partial charge is 0.493 e. The highest BCUT2D eigenvalue weighted by Crippen LogP contribution is 2.38. The standard InChI is InChI=1S/C28H23ClN2O7/c1-3-37-27(34)19-9-11-20(12-10-19)31-26(33)21(25(32)30-28(31)35)13-18-14-22(29)24(23(15-18)36-2)38-16-17-7-5-4-6-8-17/h4-15H,3,16H2,1-2H3,(H,30,32,35)/b21-13+. The Hall–Kier alpha value is -4.63. The van der Waals surface area contributed by atoms with Gasteiger partial charge in [0.05, 0.1) is 30.0 Å². The maximum absolute atomic E-state index is 13.2. The molecule has 1 heterocycles. The fourth-order valence-electron chi connectivity index (χ4n) is 3.71. The predicted molar refractivity (Wildman–Crippen MR) is 140 cm³/mol. The maximum Gasteiger partial charge on any atom is 0.338 e. The second-order valence-electron chi connectivity index (χ2n) is 8.03. The third-order valence-corrected chi connectivity index (χ3v) is 5.81. The number of barbiturate groups is 1. The van der Waals surface area contributed by atoms with Gasteiger partial charge in [-0.3, -0.25) is 14.9 Å². The van der Waals surface area contributed by atoms with Crippen LogP contribution in [0.2, 0.25) is 5.02 Å². The molecule has 1 aliphatic heterocycles. The van der Waals surface area contributed by atoms with E-state index in [1.807, 2.05) is 30.3 Å². The first-order chi connectivity index (χ1) is 18.3. The number of rotatable bonds is 8. The molecular formula is C28H23ClN2O7. The van der Waals surface area contributed by atoms with Crippen molar-refractivity contribution in [3.05, 3.63) is 94.0 Å². The number of ether oxygens (including phenoxy) is 3. The quantitative estimate of drug-likeness (QED) is 0.252. The number of nitrogens with one attached hydrogen (secondary N) is 1. The Morgan fingerprint density at radius 3 is 2.39 bits per heavy atom. The van der Waals surface area contributed by atoms with Crippen LogP contribution in [-0.2, 0) is 20.9 Å². The van der Waals surface area contributed by atoms with Crippen molar-refractivity contribution in [3.8, 4) is 11.5 Å². The molecule has 0 spiro atoms. The first kappa shape index (κ1) is 26.4. The third kappa shape index (κ3) is 5.68. The second kappa shape index (κ2) is 11.6. The van der Waals surface area contributed by atoms with E-state index in [0.29, 0.717) is 17.1 Å². The molecule has 1 saturated heterocycles. The zero-order valence-electron chi connectivity index (χ0n) is 20.5. The van der Waals surface area contributed by atoms with Crippen LogP contribution in [0, 0.1) is 0 Å². The van der Waals surface area contributed by atoms with E-state index in [1.165, 1.54) is 43.5 Å². The van der Waals surface area contributed by atoms with Crippen LogP contribution in [-0.4, -0.2) is 37.5 Å². The van der Waals surface area contributed by atoms with Crippen LogP contribution < -0.4 is 19.7 Å². The molecule has 194 valence electrons. The summed E-state index contributed by atoms with van der Waals surface area (Å²) in [5, 5.41) is 2.36. The molecule has 10 heteroatoms. The van der Waals surface area contributed by atoms with Crippen LogP contribution in [0.15, 0.2) is 72.3 Å². The van der Waals surface area contributed by atoms with Gasteiger partial charge in [0, 0.05) is 0 Å². The van der Waals surface area contributed by atoms with E-state index in [-0.39, 0.29) is 35.1 Å². The number of halogens is 1. The molecule has 0 atom stereocenters. The average molecular weight is 535 g/mol. The number of hydrogen-bond donors (Lipinski definition) is 1. The van der Waals surface area contributed by atoms with Gasteiger partial charge in [0.25, 0.3) is 11.8 Å². The van der Waals surface area contributed by atoms with Gasteiger partial charge in [0.15, 0.2) is 11.5 Å². The van der Waals surface area contributed by atoms with Gasteiger partial charge in [-0.1, -0.05) is 41.9 Å². The normalized spacial score (nSPS) is 14.3. The van der Waals surface area contributed by atoms with Crippen molar-refractivity contribution in [2.24, 2.45) is 0 Å².